The fraction of sp³-hybridized carbons (Fsp3) is 0.786. The smallest absolute Gasteiger partial charge is 0.0537 e. The lowest BCUT2D eigenvalue weighted by Crippen LogP contribution is -2.17. The van der Waals surface area contributed by atoms with E-state index in [1.54, 1.807) is 0 Å². The summed E-state index contributed by atoms with van der Waals surface area (Å²) in [6, 6.07) is 0.776. The molecule has 1 aromatic heterocycles. The van der Waals surface area contributed by atoms with E-state index >= 15 is 0 Å². The van der Waals surface area contributed by atoms with Gasteiger partial charge in [0, 0.05) is 30.4 Å². The second-order valence-corrected chi connectivity index (χ2v) is 5.60. The van der Waals surface area contributed by atoms with Crippen LogP contribution in [0.1, 0.15) is 51.3 Å². The van der Waals surface area contributed by atoms with Crippen LogP contribution in [0.2, 0.25) is 0 Å². The molecule has 2 rings (SSSR count). The van der Waals surface area contributed by atoms with Crippen molar-refractivity contribution in [1.82, 2.24) is 15.1 Å². The van der Waals surface area contributed by atoms with Gasteiger partial charge in [-0.3, -0.25) is 4.68 Å². The van der Waals surface area contributed by atoms with E-state index in [0.29, 0.717) is 5.92 Å². The standard InChI is InChI=1S/C14H25N3/c1-4-5-14-12(8-15-13-6-7-13)9-16-17(14)10-11(2)3/h9,11,13,15H,4-8,10H2,1-3H3. The summed E-state index contributed by atoms with van der Waals surface area (Å²) in [5.74, 6) is 0.662. The highest BCUT2D eigenvalue weighted by Gasteiger charge is 2.21. The summed E-state index contributed by atoms with van der Waals surface area (Å²) in [6.07, 6.45) is 7.10. The summed E-state index contributed by atoms with van der Waals surface area (Å²) in [5.41, 5.74) is 2.84. The van der Waals surface area contributed by atoms with Crippen LogP contribution in [0.3, 0.4) is 0 Å². The van der Waals surface area contributed by atoms with E-state index in [4.69, 9.17) is 0 Å². The molecule has 1 aromatic rings. The first kappa shape index (κ1) is 12.6. The van der Waals surface area contributed by atoms with Crippen LogP contribution in [-0.4, -0.2) is 15.8 Å². The molecule has 0 bridgehead atoms. The largest absolute Gasteiger partial charge is 0.310 e. The normalized spacial score (nSPS) is 15.8. The summed E-state index contributed by atoms with van der Waals surface area (Å²) in [4.78, 5) is 0. The second-order valence-electron chi connectivity index (χ2n) is 5.60. The maximum atomic E-state index is 4.55. The third kappa shape index (κ3) is 3.56. The molecular formula is C14H25N3. The Hall–Kier alpha value is -0.830. The van der Waals surface area contributed by atoms with Crippen LogP contribution in [0.5, 0.6) is 0 Å². The third-order valence-corrected chi connectivity index (χ3v) is 3.22. The zero-order chi connectivity index (χ0) is 12.3. The molecule has 0 saturated heterocycles. The van der Waals surface area contributed by atoms with Crippen molar-refractivity contribution in [3.05, 3.63) is 17.5 Å². The molecule has 1 saturated carbocycles. The summed E-state index contributed by atoms with van der Waals surface area (Å²) >= 11 is 0. The highest BCUT2D eigenvalue weighted by atomic mass is 15.3. The van der Waals surface area contributed by atoms with Gasteiger partial charge >= 0.3 is 0 Å². The Bertz CT molecular complexity index is 350. The van der Waals surface area contributed by atoms with E-state index in [1.807, 2.05) is 0 Å². The van der Waals surface area contributed by atoms with E-state index in [2.05, 4.69) is 42.1 Å². The minimum Gasteiger partial charge on any atom is -0.310 e. The second kappa shape index (κ2) is 5.67. The summed E-state index contributed by atoms with van der Waals surface area (Å²) in [6.45, 7) is 8.78. The topological polar surface area (TPSA) is 29.9 Å². The number of aromatic nitrogens is 2. The van der Waals surface area contributed by atoms with Crippen molar-refractivity contribution in [3.8, 4) is 0 Å². The van der Waals surface area contributed by atoms with Crippen molar-refractivity contribution in [2.24, 2.45) is 5.92 Å². The summed E-state index contributed by atoms with van der Waals surface area (Å²) < 4.78 is 2.21. The van der Waals surface area contributed by atoms with Gasteiger partial charge in [0.1, 0.15) is 0 Å². The monoisotopic (exact) mass is 235 g/mol. The molecular weight excluding hydrogens is 210 g/mol. The molecule has 0 aromatic carbocycles. The first-order chi connectivity index (χ1) is 8.20. The molecule has 1 N–H and O–H groups in total. The van der Waals surface area contributed by atoms with Gasteiger partial charge in [-0.05, 0) is 25.2 Å². The SMILES string of the molecule is CCCc1c(CNC2CC2)cnn1CC(C)C. The Labute approximate surface area is 105 Å². The molecule has 0 amide bonds. The van der Waals surface area contributed by atoms with Gasteiger partial charge in [0.05, 0.1) is 6.20 Å². The highest BCUT2D eigenvalue weighted by Crippen LogP contribution is 2.20. The first-order valence-electron chi connectivity index (χ1n) is 6.97. The van der Waals surface area contributed by atoms with Gasteiger partial charge < -0.3 is 5.32 Å². The molecule has 1 heterocycles. The van der Waals surface area contributed by atoms with Crippen LogP contribution in [0, 0.1) is 5.92 Å². The van der Waals surface area contributed by atoms with Crippen LogP contribution in [-0.2, 0) is 19.5 Å². The van der Waals surface area contributed by atoms with Gasteiger partial charge in [0.25, 0.3) is 0 Å². The van der Waals surface area contributed by atoms with E-state index in [0.717, 1.165) is 25.6 Å². The molecule has 0 spiro atoms. The highest BCUT2D eigenvalue weighted by molar-refractivity contribution is 5.18. The number of hydrogen-bond donors (Lipinski definition) is 1. The van der Waals surface area contributed by atoms with Crippen LogP contribution in [0.15, 0.2) is 6.20 Å². The molecule has 0 radical (unpaired) electrons. The lowest BCUT2D eigenvalue weighted by atomic mass is 10.1. The van der Waals surface area contributed by atoms with Crippen molar-refractivity contribution in [2.75, 3.05) is 0 Å². The predicted molar refractivity (Wildman–Crippen MR) is 70.9 cm³/mol. The van der Waals surface area contributed by atoms with Gasteiger partial charge in [0.2, 0.25) is 0 Å². The predicted octanol–water partition coefficient (Wildman–Crippen LogP) is 2.74. The molecule has 3 heteroatoms. The molecule has 96 valence electrons. The molecule has 0 atom stereocenters. The third-order valence-electron chi connectivity index (χ3n) is 3.22. The average molecular weight is 235 g/mol. The fourth-order valence-corrected chi connectivity index (χ4v) is 2.17. The molecule has 1 aliphatic rings. The van der Waals surface area contributed by atoms with Crippen LogP contribution >= 0.6 is 0 Å². The Kier molecular flexibility index (Phi) is 4.21. The molecule has 17 heavy (non-hydrogen) atoms. The van der Waals surface area contributed by atoms with Crippen LogP contribution in [0.4, 0.5) is 0 Å². The molecule has 3 nitrogen and oxygen atoms in total. The van der Waals surface area contributed by atoms with E-state index in [-0.39, 0.29) is 0 Å². The fourth-order valence-electron chi connectivity index (χ4n) is 2.17. The lowest BCUT2D eigenvalue weighted by molar-refractivity contribution is 0.466. The Balaban J connectivity index is 2.03. The number of nitrogens with zero attached hydrogens (tertiary/aromatic N) is 2. The molecule has 0 aliphatic heterocycles. The average Bonchev–Trinajstić information content (AvgIpc) is 3.03. The van der Waals surface area contributed by atoms with Crippen LogP contribution in [0.25, 0.3) is 0 Å². The lowest BCUT2D eigenvalue weighted by Gasteiger charge is -2.11. The van der Waals surface area contributed by atoms with Crippen molar-refractivity contribution < 1.29 is 0 Å². The van der Waals surface area contributed by atoms with Crippen LogP contribution < -0.4 is 5.32 Å². The molecule has 0 unspecified atom stereocenters. The van der Waals surface area contributed by atoms with Gasteiger partial charge in [-0.1, -0.05) is 27.2 Å². The van der Waals surface area contributed by atoms with Crippen molar-refractivity contribution in [1.29, 1.82) is 0 Å². The number of rotatable bonds is 7. The zero-order valence-corrected chi connectivity index (χ0v) is 11.4. The maximum Gasteiger partial charge on any atom is 0.0537 e. The zero-order valence-electron chi connectivity index (χ0n) is 11.4. The van der Waals surface area contributed by atoms with Gasteiger partial charge in [0.15, 0.2) is 0 Å². The van der Waals surface area contributed by atoms with E-state index < -0.39 is 0 Å². The maximum absolute atomic E-state index is 4.55. The van der Waals surface area contributed by atoms with Gasteiger partial charge in [-0.25, -0.2) is 0 Å². The van der Waals surface area contributed by atoms with E-state index in [1.165, 1.54) is 30.5 Å². The first-order valence-corrected chi connectivity index (χ1v) is 6.97. The minimum absolute atomic E-state index is 0.662. The molecule has 1 fully saturated rings. The number of nitrogens with one attached hydrogen (secondary N) is 1. The van der Waals surface area contributed by atoms with Crippen molar-refractivity contribution >= 4 is 0 Å². The minimum atomic E-state index is 0.662. The van der Waals surface area contributed by atoms with Crippen molar-refractivity contribution in [2.45, 2.75) is 65.6 Å². The Morgan fingerprint density at radius 3 is 2.82 bits per heavy atom. The Morgan fingerprint density at radius 1 is 1.47 bits per heavy atom. The van der Waals surface area contributed by atoms with E-state index in [9.17, 15) is 0 Å². The molecule has 1 aliphatic carbocycles. The van der Waals surface area contributed by atoms with Crippen molar-refractivity contribution in [3.63, 3.8) is 0 Å². The van der Waals surface area contributed by atoms with Gasteiger partial charge in [-0.15, -0.1) is 0 Å². The Morgan fingerprint density at radius 2 is 2.24 bits per heavy atom. The summed E-state index contributed by atoms with van der Waals surface area (Å²) in [5, 5.41) is 8.13. The summed E-state index contributed by atoms with van der Waals surface area (Å²) in [7, 11) is 0. The number of hydrogen-bond acceptors (Lipinski definition) is 2. The van der Waals surface area contributed by atoms with Gasteiger partial charge in [-0.2, -0.15) is 5.10 Å². The quantitative estimate of drug-likeness (QED) is 0.787.